The Morgan fingerprint density at radius 1 is 1.53 bits per heavy atom. The molecule has 19 heavy (non-hydrogen) atoms. The molecular weight excluding hydrogens is 262 g/mol. The molecule has 0 aliphatic carbocycles. The molecule has 5 heteroatoms. The van der Waals surface area contributed by atoms with Crippen molar-refractivity contribution >= 4 is 17.5 Å². The quantitative estimate of drug-likeness (QED) is 0.926. The molecule has 0 spiro atoms. The second kappa shape index (κ2) is 5.97. The summed E-state index contributed by atoms with van der Waals surface area (Å²) in [6.45, 7) is 6.39. The zero-order valence-corrected chi connectivity index (χ0v) is 12.4. The molecule has 1 aromatic heterocycles. The van der Waals surface area contributed by atoms with Gasteiger partial charge >= 0.3 is 0 Å². The number of aryl methyl sites for hydroxylation is 1. The number of rotatable bonds is 3. The van der Waals surface area contributed by atoms with Crippen LogP contribution in [0, 0.1) is 5.92 Å². The molecule has 1 saturated heterocycles. The third-order valence-corrected chi connectivity index (χ3v) is 4.20. The van der Waals surface area contributed by atoms with Crippen LogP contribution in [0.25, 0.3) is 0 Å². The SMILES string of the molecule is CCn1cc(Cl)cc1C(=O)N1CCC(C(C)N)CC1. The van der Waals surface area contributed by atoms with E-state index < -0.39 is 0 Å². The summed E-state index contributed by atoms with van der Waals surface area (Å²) in [5.74, 6) is 0.613. The van der Waals surface area contributed by atoms with E-state index in [1.165, 1.54) is 0 Å². The summed E-state index contributed by atoms with van der Waals surface area (Å²) in [6, 6.07) is 1.97. The summed E-state index contributed by atoms with van der Waals surface area (Å²) in [6.07, 6.45) is 3.79. The maximum Gasteiger partial charge on any atom is 0.270 e. The second-order valence-electron chi connectivity index (χ2n) is 5.32. The van der Waals surface area contributed by atoms with E-state index >= 15 is 0 Å². The first-order valence-electron chi connectivity index (χ1n) is 6.93. The molecule has 0 aromatic carbocycles. The molecule has 2 N–H and O–H groups in total. The van der Waals surface area contributed by atoms with Crippen molar-refractivity contribution in [3.63, 3.8) is 0 Å². The summed E-state index contributed by atoms with van der Waals surface area (Å²) in [4.78, 5) is 14.4. The van der Waals surface area contributed by atoms with Crippen molar-refractivity contribution < 1.29 is 4.79 Å². The molecule has 1 unspecified atom stereocenters. The van der Waals surface area contributed by atoms with Gasteiger partial charge in [-0.25, -0.2) is 0 Å². The summed E-state index contributed by atoms with van der Waals surface area (Å²) in [5, 5.41) is 0.621. The molecule has 106 valence electrons. The van der Waals surface area contributed by atoms with Crippen LogP contribution in [0.2, 0.25) is 5.02 Å². The topological polar surface area (TPSA) is 51.3 Å². The maximum atomic E-state index is 12.5. The highest BCUT2D eigenvalue weighted by Gasteiger charge is 2.26. The lowest BCUT2D eigenvalue weighted by atomic mass is 9.91. The molecule has 2 heterocycles. The third-order valence-electron chi connectivity index (χ3n) is 3.99. The Bertz CT molecular complexity index is 448. The zero-order chi connectivity index (χ0) is 14.0. The number of amides is 1. The van der Waals surface area contributed by atoms with Crippen LogP contribution < -0.4 is 5.73 Å². The molecule has 0 bridgehead atoms. The van der Waals surface area contributed by atoms with Crippen LogP contribution in [0.15, 0.2) is 12.3 Å². The number of piperidine rings is 1. The van der Waals surface area contributed by atoms with Crippen molar-refractivity contribution in [3.8, 4) is 0 Å². The third kappa shape index (κ3) is 3.12. The van der Waals surface area contributed by atoms with Gasteiger partial charge in [0.15, 0.2) is 0 Å². The Kier molecular flexibility index (Phi) is 4.53. The zero-order valence-electron chi connectivity index (χ0n) is 11.6. The molecule has 1 amide bonds. The molecule has 4 nitrogen and oxygen atoms in total. The molecule has 1 atom stereocenters. The van der Waals surface area contributed by atoms with Crippen molar-refractivity contribution in [1.29, 1.82) is 0 Å². The van der Waals surface area contributed by atoms with Gasteiger partial charge in [-0.15, -0.1) is 0 Å². The van der Waals surface area contributed by atoms with E-state index in [0.717, 1.165) is 32.5 Å². The van der Waals surface area contributed by atoms with Gasteiger partial charge in [0.2, 0.25) is 0 Å². The van der Waals surface area contributed by atoms with Crippen LogP contribution in [0.1, 0.15) is 37.2 Å². The lowest BCUT2D eigenvalue weighted by molar-refractivity contribution is 0.0670. The van der Waals surface area contributed by atoms with Gasteiger partial charge in [-0.05, 0) is 38.7 Å². The number of aromatic nitrogens is 1. The van der Waals surface area contributed by atoms with E-state index in [9.17, 15) is 4.79 Å². The van der Waals surface area contributed by atoms with Crippen LogP contribution in [-0.2, 0) is 6.54 Å². The molecule has 0 radical (unpaired) electrons. The normalized spacial score (nSPS) is 18.6. The monoisotopic (exact) mass is 283 g/mol. The average molecular weight is 284 g/mol. The maximum absolute atomic E-state index is 12.5. The second-order valence-corrected chi connectivity index (χ2v) is 5.75. The Morgan fingerprint density at radius 3 is 2.68 bits per heavy atom. The van der Waals surface area contributed by atoms with Gasteiger partial charge < -0.3 is 15.2 Å². The highest BCUT2D eigenvalue weighted by molar-refractivity contribution is 6.31. The molecule has 1 fully saturated rings. The van der Waals surface area contributed by atoms with E-state index in [-0.39, 0.29) is 11.9 Å². The van der Waals surface area contributed by atoms with Gasteiger partial charge in [0.25, 0.3) is 5.91 Å². The Hall–Kier alpha value is -1.00. The standard InChI is InChI=1S/C14H22ClN3O/c1-3-17-9-12(15)8-13(17)14(19)18-6-4-11(5-7-18)10(2)16/h8-11H,3-7,16H2,1-2H3. The van der Waals surface area contributed by atoms with Crippen molar-refractivity contribution in [2.45, 2.75) is 39.3 Å². The average Bonchev–Trinajstić information content (AvgIpc) is 2.79. The van der Waals surface area contributed by atoms with E-state index in [4.69, 9.17) is 17.3 Å². The number of nitrogens with zero attached hydrogens (tertiary/aromatic N) is 2. The van der Waals surface area contributed by atoms with Crippen LogP contribution in [0.3, 0.4) is 0 Å². The van der Waals surface area contributed by atoms with Crippen LogP contribution >= 0.6 is 11.6 Å². The summed E-state index contributed by atoms with van der Waals surface area (Å²) in [7, 11) is 0. The predicted molar refractivity (Wildman–Crippen MR) is 77.4 cm³/mol. The lowest BCUT2D eigenvalue weighted by Gasteiger charge is -2.33. The van der Waals surface area contributed by atoms with E-state index in [2.05, 4.69) is 0 Å². The molecule has 0 saturated carbocycles. The summed E-state index contributed by atoms with van der Waals surface area (Å²) < 4.78 is 1.91. The first-order valence-corrected chi connectivity index (χ1v) is 7.31. The Morgan fingerprint density at radius 2 is 2.16 bits per heavy atom. The highest BCUT2D eigenvalue weighted by atomic mass is 35.5. The first-order chi connectivity index (χ1) is 9.02. The summed E-state index contributed by atoms with van der Waals surface area (Å²) >= 11 is 5.98. The summed E-state index contributed by atoms with van der Waals surface area (Å²) in [5.41, 5.74) is 6.61. The number of hydrogen-bond acceptors (Lipinski definition) is 2. The predicted octanol–water partition coefficient (Wildman–Crippen LogP) is 2.36. The minimum Gasteiger partial charge on any atom is -0.342 e. The lowest BCUT2D eigenvalue weighted by Crippen LogP contribution is -2.43. The van der Waals surface area contributed by atoms with E-state index in [1.54, 1.807) is 6.07 Å². The Labute approximate surface area is 119 Å². The van der Waals surface area contributed by atoms with Crippen molar-refractivity contribution in [3.05, 3.63) is 23.0 Å². The van der Waals surface area contributed by atoms with Crippen molar-refractivity contribution in [2.75, 3.05) is 13.1 Å². The van der Waals surface area contributed by atoms with Gasteiger partial charge in [-0.3, -0.25) is 4.79 Å². The van der Waals surface area contributed by atoms with Gasteiger partial charge in [0.05, 0.1) is 5.02 Å². The van der Waals surface area contributed by atoms with Crippen molar-refractivity contribution in [2.24, 2.45) is 11.7 Å². The largest absolute Gasteiger partial charge is 0.342 e. The number of nitrogens with two attached hydrogens (primary N) is 1. The van der Waals surface area contributed by atoms with Crippen LogP contribution in [0.5, 0.6) is 0 Å². The number of carbonyl (C=O) groups excluding carboxylic acids is 1. The van der Waals surface area contributed by atoms with Gasteiger partial charge in [-0.1, -0.05) is 11.6 Å². The number of carbonyl (C=O) groups is 1. The molecule has 1 aliphatic rings. The number of hydrogen-bond donors (Lipinski definition) is 1. The van der Waals surface area contributed by atoms with E-state index in [0.29, 0.717) is 16.6 Å². The van der Waals surface area contributed by atoms with Crippen molar-refractivity contribution in [1.82, 2.24) is 9.47 Å². The van der Waals surface area contributed by atoms with Crippen LogP contribution in [0.4, 0.5) is 0 Å². The molecule has 1 aliphatic heterocycles. The fourth-order valence-electron chi connectivity index (χ4n) is 2.71. The van der Waals surface area contributed by atoms with Gasteiger partial charge in [-0.2, -0.15) is 0 Å². The smallest absolute Gasteiger partial charge is 0.270 e. The van der Waals surface area contributed by atoms with E-state index in [1.807, 2.05) is 29.5 Å². The molecule has 1 aromatic rings. The van der Waals surface area contributed by atoms with Crippen LogP contribution in [-0.4, -0.2) is 34.5 Å². The number of halogens is 1. The fraction of sp³-hybridized carbons (Fsp3) is 0.643. The molecular formula is C14H22ClN3O. The van der Waals surface area contributed by atoms with Gasteiger partial charge in [0.1, 0.15) is 5.69 Å². The molecule has 2 rings (SSSR count). The number of likely N-dealkylation sites (tertiary alicyclic amines) is 1. The fourth-order valence-corrected chi connectivity index (χ4v) is 2.93. The van der Waals surface area contributed by atoms with Gasteiger partial charge in [0, 0.05) is 31.9 Å². The minimum atomic E-state index is 0.0804. The first kappa shape index (κ1) is 14.4. The Balaban J connectivity index is 2.05. The highest BCUT2D eigenvalue weighted by Crippen LogP contribution is 2.22. The minimum absolute atomic E-state index is 0.0804.